The Bertz CT molecular complexity index is 616. The molecular weight excluding hydrogens is 271 g/mol. The zero-order valence-electron chi connectivity index (χ0n) is 11.4. The standard InChI is InChI=1S/C16H15FN2O2/c17-13-6-4-12(5-7-13)15-11-19(9-10-21-15)16(20)14-3-1-2-8-18-14/h1-8,15H,9-11H2. The van der Waals surface area contributed by atoms with Crippen molar-refractivity contribution in [2.24, 2.45) is 0 Å². The van der Waals surface area contributed by atoms with Crippen LogP contribution in [-0.4, -0.2) is 35.5 Å². The zero-order valence-corrected chi connectivity index (χ0v) is 11.4. The van der Waals surface area contributed by atoms with Crippen molar-refractivity contribution in [3.63, 3.8) is 0 Å². The Morgan fingerprint density at radius 1 is 1.24 bits per heavy atom. The summed E-state index contributed by atoms with van der Waals surface area (Å²) in [6, 6.07) is 11.4. The number of hydrogen-bond acceptors (Lipinski definition) is 3. The maximum Gasteiger partial charge on any atom is 0.272 e. The van der Waals surface area contributed by atoms with E-state index in [-0.39, 0.29) is 17.8 Å². The van der Waals surface area contributed by atoms with Crippen LogP contribution in [0.15, 0.2) is 48.7 Å². The first-order chi connectivity index (χ1) is 10.2. The number of carbonyl (C=O) groups excluding carboxylic acids is 1. The van der Waals surface area contributed by atoms with E-state index in [2.05, 4.69) is 4.98 Å². The molecule has 21 heavy (non-hydrogen) atoms. The molecule has 2 heterocycles. The van der Waals surface area contributed by atoms with Crippen LogP contribution in [0.1, 0.15) is 22.2 Å². The Morgan fingerprint density at radius 3 is 2.76 bits per heavy atom. The highest BCUT2D eigenvalue weighted by Crippen LogP contribution is 2.23. The Kier molecular flexibility index (Phi) is 3.92. The van der Waals surface area contributed by atoms with Gasteiger partial charge in [0.2, 0.25) is 0 Å². The molecule has 0 saturated carbocycles. The second kappa shape index (κ2) is 6.01. The van der Waals surface area contributed by atoms with E-state index in [0.29, 0.717) is 25.4 Å². The van der Waals surface area contributed by atoms with Gasteiger partial charge in [-0.05, 0) is 29.8 Å². The van der Waals surface area contributed by atoms with Crippen molar-refractivity contribution < 1.29 is 13.9 Å². The maximum atomic E-state index is 13.0. The van der Waals surface area contributed by atoms with Gasteiger partial charge in [0.05, 0.1) is 13.2 Å². The molecular formula is C16H15FN2O2. The van der Waals surface area contributed by atoms with Gasteiger partial charge in [0.15, 0.2) is 0 Å². The third kappa shape index (κ3) is 3.08. The smallest absolute Gasteiger partial charge is 0.272 e. The topological polar surface area (TPSA) is 42.4 Å². The third-order valence-corrected chi connectivity index (χ3v) is 3.48. The highest BCUT2D eigenvalue weighted by atomic mass is 19.1. The molecule has 1 aromatic heterocycles. The minimum atomic E-state index is -0.282. The normalized spacial score (nSPS) is 18.5. The fourth-order valence-corrected chi connectivity index (χ4v) is 2.36. The maximum absolute atomic E-state index is 13.0. The van der Waals surface area contributed by atoms with Gasteiger partial charge in [-0.15, -0.1) is 0 Å². The monoisotopic (exact) mass is 286 g/mol. The summed E-state index contributed by atoms with van der Waals surface area (Å²) in [5.74, 6) is -0.387. The number of hydrogen-bond donors (Lipinski definition) is 0. The van der Waals surface area contributed by atoms with Crippen molar-refractivity contribution in [3.05, 3.63) is 65.7 Å². The number of morpholine rings is 1. The van der Waals surface area contributed by atoms with E-state index in [9.17, 15) is 9.18 Å². The third-order valence-electron chi connectivity index (χ3n) is 3.48. The highest BCUT2D eigenvalue weighted by molar-refractivity contribution is 5.92. The summed E-state index contributed by atoms with van der Waals surface area (Å²) in [4.78, 5) is 18.2. The number of pyridine rings is 1. The van der Waals surface area contributed by atoms with Crippen molar-refractivity contribution in [1.82, 2.24) is 9.88 Å². The minimum Gasteiger partial charge on any atom is -0.370 e. The number of carbonyl (C=O) groups is 1. The van der Waals surface area contributed by atoms with Crippen LogP contribution in [0.3, 0.4) is 0 Å². The molecule has 1 unspecified atom stereocenters. The lowest BCUT2D eigenvalue weighted by Gasteiger charge is -2.33. The van der Waals surface area contributed by atoms with Crippen molar-refractivity contribution in [2.45, 2.75) is 6.10 Å². The first-order valence-electron chi connectivity index (χ1n) is 6.81. The van der Waals surface area contributed by atoms with E-state index in [1.54, 1.807) is 41.4 Å². The van der Waals surface area contributed by atoms with Crippen LogP contribution in [-0.2, 0) is 4.74 Å². The predicted molar refractivity (Wildman–Crippen MR) is 75.2 cm³/mol. The zero-order chi connectivity index (χ0) is 14.7. The first-order valence-corrected chi connectivity index (χ1v) is 6.81. The summed E-state index contributed by atoms with van der Waals surface area (Å²) in [7, 11) is 0. The van der Waals surface area contributed by atoms with Crippen LogP contribution in [0.4, 0.5) is 4.39 Å². The Balaban J connectivity index is 1.74. The van der Waals surface area contributed by atoms with Gasteiger partial charge < -0.3 is 9.64 Å². The van der Waals surface area contributed by atoms with Gasteiger partial charge in [0, 0.05) is 12.7 Å². The average Bonchev–Trinajstić information content (AvgIpc) is 2.56. The quantitative estimate of drug-likeness (QED) is 0.851. The number of nitrogens with zero attached hydrogens (tertiary/aromatic N) is 2. The average molecular weight is 286 g/mol. The molecule has 1 amide bonds. The van der Waals surface area contributed by atoms with Crippen LogP contribution in [0.25, 0.3) is 0 Å². The SMILES string of the molecule is O=C(c1ccccn1)N1CCOC(c2ccc(F)cc2)C1. The van der Waals surface area contributed by atoms with Crippen LogP contribution in [0, 0.1) is 5.82 Å². The van der Waals surface area contributed by atoms with Gasteiger partial charge in [0.25, 0.3) is 5.91 Å². The van der Waals surface area contributed by atoms with Crippen molar-refractivity contribution in [1.29, 1.82) is 0 Å². The molecule has 4 nitrogen and oxygen atoms in total. The molecule has 0 bridgehead atoms. The lowest BCUT2D eigenvalue weighted by molar-refractivity contribution is -0.0230. The molecule has 1 aliphatic heterocycles. The van der Waals surface area contributed by atoms with Crippen LogP contribution in [0.5, 0.6) is 0 Å². The van der Waals surface area contributed by atoms with Gasteiger partial charge >= 0.3 is 0 Å². The second-order valence-electron chi connectivity index (χ2n) is 4.88. The Hall–Kier alpha value is -2.27. The Labute approximate surface area is 122 Å². The van der Waals surface area contributed by atoms with E-state index in [1.807, 2.05) is 0 Å². The number of benzene rings is 1. The minimum absolute atomic E-state index is 0.106. The summed E-state index contributed by atoms with van der Waals surface area (Å²) in [5.41, 5.74) is 1.30. The molecule has 108 valence electrons. The predicted octanol–water partition coefficient (Wildman–Crippen LogP) is 2.43. The van der Waals surface area contributed by atoms with Crippen LogP contribution >= 0.6 is 0 Å². The lowest BCUT2D eigenvalue weighted by atomic mass is 10.1. The molecule has 1 aromatic carbocycles. The molecule has 1 aliphatic rings. The van der Waals surface area contributed by atoms with Crippen LogP contribution < -0.4 is 0 Å². The fourth-order valence-electron chi connectivity index (χ4n) is 2.36. The fraction of sp³-hybridized carbons (Fsp3) is 0.250. The lowest BCUT2D eigenvalue weighted by Crippen LogP contribution is -2.42. The van der Waals surface area contributed by atoms with Crippen LogP contribution in [0.2, 0.25) is 0 Å². The summed E-state index contributed by atoms with van der Waals surface area (Å²) < 4.78 is 18.6. The molecule has 3 rings (SSSR count). The largest absolute Gasteiger partial charge is 0.370 e. The number of halogens is 1. The number of amides is 1. The second-order valence-corrected chi connectivity index (χ2v) is 4.88. The molecule has 0 N–H and O–H groups in total. The molecule has 1 saturated heterocycles. The first kappa shape index (κ1) is 13.7. The van der Waals surface area contributed by atoms with E-state index in [1.165, 1.54) is 12.1 Å². The summed E-state index contributed by atoms with van der Waals surface area (Å²) in [6.07, 6.45) is 1.37. The summed E-state index contributed by atoms with van der Waals surface area (Å²) in [6.45, 7) is 1.44. The Morgan fingerprint density at radius 2 is 2.05 bits per heavy atom. The summed E-state index contributed by atoms with van der Waals surface area (Å²) in [5, 5.41) is 0. The van der Waals surface area contributed by atoms with Crippen molar-refractivity contribution in [3.8, 4) is 0 Å². The highest BCUT2D eigenvalue weighted by Gasteiger charge is 2.26. The van der Waals surface area contributed by atoms with Crippen molar-refractivity contribution in [2.75, 3.05) is 19.7 Å². The van der Waals surface area contributed by atoms with E-state index >= 15 is 0 Å². The van der Waals surface area contributed by atoms with Gasteiger partial charge in [-0.25, -0.2) is 4.39 Å². The van der Waals surface area contributed by atoms with Gasteiger partial charge in [-0.1, -0.05) is 18.2 Å². The van der Waals surface area contributed by atoms with Gasteiger partial charge in [-0.3, -0.25) is 9.78 Å². The van der Waals surface area contributed by atoms with Crippen molar-refractivity contribution >= 4 is 5.91 Å². The molecule has 5 heteroatoms. The van der Waals surface area contributed by atoms with E-state index < -0.39 is 0 Å². The van der Waals surface area contributed by atoms with Gasteiger partial charge in [0.1, 0.15) is 17.6 Å². The molecule has 1 fully saturated rings. The number of aromatic nitrogens is 1. The van der Waals surface area contributed by atoms with Gasteiger partial charge in [-0.2, -0.15) is 0 Å². The van der Waals surface area contributed by atoms with E-state index in [0.717, 1.165) is 5.56 Å². The molecule has 0 spiro atoms. The van der Waals surface area contributed by atoms with E-state index in [4.69, 9.17) is 4.74 Å². The molecule has 2 aromatic rings. The molecule has 0 aliphatic carbocycles. The number of ether oxygens (including phenoxy) is 1. The summed E-state index contributed by atoms with van der Waals surface area (Å²) >= 11 is 0. The number of rotatable bonds is 2. The molecule has 1 atom stereocenters. The molecule has 0 radical (unpaired) electrons.